The monoisotopic (exact) mass is 465 g/mol. The highest BCUT2D eigenvalue weighted by molar-refractivity contribution is 5.81. The Morgan fingerprint density at radius 1 is 0.971 bits per heavy atom. The van der Waals surface area contributed by atoms with Crippen molar-refractivity contribution < 1.29 is 14.3 Å². The van der Waals surface area contributed by atoms with Crippen LogP contribution in [0.3, 0.4) is 0 Å². The van der Waals surface area contributed by atoms with Crippen LogP contribution in [0.2, 0.25) is 0 Å². The number of carbonyl (C=O) groups is 2. The Balaban J connectivity index is 1.14. The molecule has 6 nitrogen and oxygen atoms in total. The van der Waals surface area contributed by atoms with Crippen LogP contribution >= 0.6 is 0 Å². The van der Waals surface area contributed by atoms with Gasteiger partial charge in [0.15, 0.2) is 0 Å². The van der Waals surface area contributed by atoms with Crippen LogP contribution < -0.4 is 0 Å². The summed E-state index contributed by atoms with van der Waals surface area (Å²) in [5.41, 5.74) is 2.93. The summed E-state index contributed by atoms with van der Waals surface area (Å²) in [4.78, 5) is 32.6. The maximum Gasteiger partial charge on any atom is 0.410 e. The van der Waals surface area contributed by atoms with E-state index < -0.39 is 0 Å². The van der Waals surface area contributed by atoms with Gasteiger partial charge in [-0.1, -0.05) is 24.3 Å². The first-order valence-electron chi connectivity index (χ1n) is 13.5. The van der Waals surface area contributed by atoms with Crippen molar-refractivity contribution in [1.29, 1.82) is 0 Å². The number of benzene rings is 1. The van der Waals surface area contributed by atoms with Gasteiger partial charge in [0.25, 0.3) is 0 Å². The molecule has 184 valence electrons. The summed E-state index contributed by atoms with van der Waals surface area (Å²) in [7, 11) is 0. The molecule has 2 amide bonds. The number of likely N-dealkylation sites (tertiary alicyclic amines) is 1. The number of piperidine rings is 2. The van der Waals surface area contributed by atoms with E-state index in [1.54, 1.807) is 0 Å². The van der Waals surface area contributed by atoms with Gasteiger partial charge in [-0.15, -0.1) is 0 Å². The van der Waals surface area contributed by atoms with Crippen LogP contribution in [0.1, 0.15) is 76.3 Å². The standard InChI is InChI=1S/C28H39N3O3/c1-19(2)34-27(33)31-22-9-10-23(31)16-24(15-22)29-13-11-28(12-14-29)18-30(26(32)20-7-8-20)17-21-5-3-4-6-25(21)28/h3-6,19-20,22-24H,7-18H2,1-2H3. The van der Waals surface area contributed by atoms with Gasteiger partial charge in [-0.2, -0.15) is 0 Å². The number of fused-ring (bicyclic) bond motifs is 4. The second kappa shape index (κ2) is 8.54. The molecule has 6 heteroatoms. The number of ether oxygens (including phenoxy) is 1. The van der Waals surface area contributed by atoms with E-state index in [4.69, 9.17) is 4.74 Å². The minimum atomic E-state index is -0.113. The maximum atomic E-state index is 13.0. The zero-order valence-corrected chi connectivity index (χ0v) is 20.7. The Bertz CT molecular complexity index is 936. The fourth-order valence-corrected chi connectivity index (χ4v) is 7.38. The van der Waals surface area contributed by atoms with Gasteiger partial charge in [-0.05, 0) is 89.4 Å². The van der Waals surface area contributed by atoms with Gasteiger partial charge in [0, 0.05) is 42.5 Å². The average Bonchev–Trinajstić information content (AvgIpc) is 3.63. The maximum absolute atomic E-state index is 13.0. The molecule has 0 radical (unpaired) electrons. The van der Waals surface area contributed by atoms with Crippen molar-refractivity contribution in [2.45, 2.75) is 101 Å². The van der Waals surface area contributed by atoms with Crippen LogP contribution in [0, 0.1) is 5.92 Å². The number of rotatable bonds is 3. The van der Waals surface area contributed by atoms with Gasteiger partial charge in [0.1, 0.15) is 0 Å². The predicted octanol–water partition coefficient (Wildman–Crippen LogP) is 4.31. The van der Waals surface area contributed by atoms with Crippen LogP contribution in [-0.4, -0.2) is 70.6 Å². The molecule has 4 heterocycles. The summed E-state index contributed by atoms with van der Waals surface area (Å²) in [6.07, 6.45) is 8.56. The molecule has 1 saturated carbocycles. The van der Waals surface area contributed by atoms with Crippen molar-refractivity contribution in [3.05, 3.63) is 35.4 Å². The van der Waals surface area contributed by atoms with E-state index in [1.807, 2.05) is 13.8 Å². The highest BCUT2D eigenvalue weighted by atomic mass is 16.6. The molecule has 0 N–H and O–H groups in total. The molecule has 1 aliphatic carbocycles. The number of hydrogen-bond donors (Lipinski definition) is 0. The third kappa shape index (κ3) is 3.92. The summed E-state index contributed by atoms with van der Waals surface area (Å²) in [6, 6.07) is 10.1. The van der Waals surface area contributed by atoms with E-state index in [0.717, 1.165) is 77.5 Å². The van der Waals surface area contributed by atoms with Crippen LogP contribution in [0.4, 0.5) is 4.79 Å². The normalized spacial score (nSPS) is 30.5. The second-order valence-corrected chi connectivity index (χ2v) is 11.8. The summed E-state index contributed by atoms with van der Waals surface area (Å²) < 4.78 is 5.55. The van der Waals surface area contributed by atoms with Crippen LogP contribution in [0.5, 0.6) is 0 Å². The van der Waals surface area contributed by atoms with Crippen LogP contribution in [0.25, 0.3) is 0 Å². The van der Waals surface area contributed by atoms with Gasteiger partial charge in [0.05, 0.1) is 6.10 Å². The van der Waals surface area contributed by atoms with Crippen molar-refractivity contribution in [1.82, 2.24) is 14.7 Å². The predicted molar refractivity (Wildman–Crippen MR) is 130 cm³/mol. The van der Waals surface area contributed by atoms with E-state index in [9.17, 15) is 9.59 Å². The second-order valence-electron chi connectivity index (χ2n) is 11.8. The highest BCUT2D eigenvalue weighted by Crippen LogP contribution is 2.45. The molecular weight excluding hydrogens is 426 g/mol. The first-order valence-corrected chi connectivity index (χ1v) is 13.5. The zero-order chi connectivity index (χ0) is 23.4. The molecule has 3 saturated heterocycles. The Hall–Kier alpha value is -2.08. The van der Waals surface area contributed by atoms with Crippen molar-refractivity contribution in [2.75, 3.05) is 19.6 Å². The van der Waals surface area contributed by atoms with E-state index in [2.05, 4.69) is 39.0 Å². The highest BCUT2D eigenvalue weighted by Gasteiger charge is 2.49. The van der Waals surface area contributed by atoms with Gasteiger partial charge in [-0.3, -0.25) is 4.79 Å². The minimum Gasteiger partial charge on any atom is -0.447 e. The number of carbonyl (C=O) groups excluding carboxylic acids is 2. The Morgan fingerprint density at radius 2 is 1.65 bits per heavy atom. The molecule has 2 atom stereocenters. The molecule has 1 spiro atoms. The van der Waals surface area contributed by atoms with E-state index in [0.29, 0.717) is 24.0 Å². The topological polar surface area (TPSA) is 53.1 Å². The molecule has 5 aliphatic rings. The fourth-order valence-electron chi connectivity index (χ4n) is 7.38. The Kier molecular flexibility index (Phi) is 5.63. The number of nitrogens with zero attached hydrogens (tertiary/aromatic N) is 3. The quantitative estimate of drug-likeness (QED) is 0.667. The van der Waals surface area contributed by atoms with Gasteiger partial charge in [-0.25, -0.2) is 4.79 Å². The number of hydrogen-bond acceptors (Lipinski definition) is 4. The molecule has 0 aromatic heterocycles. The summed E-state index contributed by atoms with van der Waals surface area (Å²) in [5, 5.41) is 0. The zero-order valence-electron chi connectivity index (χ0n) is 20.7. The first kappa shape index (κ1) is 22.4. The summed E-state index contributed by atoms with van der Waals surface area (Å²) in [6.45, 7) is 7.70. The van der Waals surface area contributed by atoms with Crippen LogP contribution in [0.15, 0.2) is 24.3 Å². The third-order valence-electron chi connectivity index (χ3n) is 9.21. The lowest BCUT2D eigenvalue weighted by molar-refractivity contribution is -0.135. The molecule has 4 aliphatic heterocycles. The first-order chi connectivity index (χ1) is 16.4. The van der Waals surface area contributed by atoms with E-state index in [1.165, 1.54) is 11.1 Å². The summed E-state index contributed by atoms with van der Waals surface area (Å²) >= 11 is 0. The van der Waals surface area contributed by atoms with Gasteiger partial charge < -0.3 is 19.4 Å². The molecule has 6 rings (SSSR count). The van der Waals surface area contributed by atoms with Gasteiger partial charge in [0.2, 0.25) is 5.91 Å². The van der Waals surface area contributed by atoms with Crippen molar-refractivity contribution in [2.24, 2.45) is 5.92 Å². The Morgan fingerprint density at radius 3 is 2.29 bits per heavy atom. The molecule has 2 bridgehead atoms. The van der Waals surface area contributed by atoms with Crippen molar-refractivity contribution in [3.63, 3.8) is 0 Å². The lowest BCUT2D eigenvalue weighted by atomic mass is 9.68. The van der Waals surface area contributed by atoms with Crippen molar-refractivity contribution in [3.8, 4) is 0 Å². The largest absolute Gasteiger partial charge is 0.447 e. The smallest absolute Gasteiger partial charge is 0.410 e. The average molecular weight is 466 g/mol. The Labute approximate surface area is 203 Å². The third-order valence-corrected chi connectivity index (χ3v) is 9.21. The van der Waals surface area contributed by atoms with Gasteiger partial charge >= 0.3 is 6.09 Å². The molecule has 2 unspecified atom stereocenters. The molecule has 4 fully saturated rings. The minimum absolute atomic E-state index is 0.0624. The lowest BCUT2D eigenvalue weighted by Gasteiger charge is -2.51. The van der Waals surface area contributed by atoms with E-state index in [-0.39, 0.29) is 23.5 Å². The molecule has 1 aromatic carbocycles. The number of amides is 2. The summed E-state index contributed by atoms with van der Waals surface area (Å²) in [5.74, 6) is 0.666. The van der Waals surface area contributed by atoms with Crippen molar-refractivity contribution >= 4 is 12.0 Å². The molecular formula is C28H39N3O3. The SMILES string of the molecule is CC(C)OC(=O)N1C2CCC1CC(N1CCC3(CC1)CN(C(=O)C1CC1)Cc1ccccc13)C2. The lowest BCUT2D eigenvalue weighted by Crippen LogP contribution is -2.58. The molecule has 34 heavy (non-hydrogen) atoms. The molecule has 1 aromatic rings. The fraction of sp³-hybridized carbons (Fsp3) is 0.714. The van der Waals surface area contributed by atoms with E-state index >= 15 is 0 Å². The van der Waals surface area contributed by atoms with Crippen LogP contribution in [-0.2, 0) is 21.5 Å².